The zero-order valence-electron chi connectivity index (χ0n) is 12.0. The van der Waals surface area contributed by atoms with Crippen LogP contribution in [-0.2, 0) is 13.1 Å². The Morgan fingerprint density at radius 2 is 1.90 bits per heavy atom. The second-order valence-corrected chi connectivity index (χ2v) is 5.18. The molecule has 2 aromatic rings. The Balaban J connectivity index is 1.99. The van der Waals surface area contributed by atoms with Crippen LogP contribution in [0, 0.1) is 0 Å². The quantitative estimate of drug-likeness (QED) is 0.800. The molecule has 0 saturated heterocycles. The monoisotopic (exact) mass is 273 g/mol. The lowest BCUT2D eigenvalue weighted by molar-refractivity contribution is 0.0932. The predicted octanol–water partition coefficient (Wildman–Crippen LogP) is 3.44. The van der Waals surface area contributed by atoms with Crippen LogP contribution in [0.25, 0.3) is 0 Å². The van der Waals surface area contributed by atoms with E-state index < -0.39 is 0 Å². The summed E-state index contributed by atoms with van der Waals surface area (Å²) in [4.78, 5) is 2.23. The summed E-state index contributed by atoms with van der Waals surface area (Å²) in [5, 5.41) is 10.1. The molecule has 0 spiro atoms. The van der Waals surface area contributed by atoms with Crippen molar-refractivity contribution in [2.24, 2.45) is 0 Å². The molecule has 1 heterocycles. The summed E-state index contributed by atoms with van der Waals surface area (Å²) in [6.07, 6.45) is 3.25. The Bertz CT molecular complexity index is 467. The predicted molar refractivity (Wildman–Crippen MR) is 80.2 cm³/mol. The number of benzene rings is 1. The second-order valence-electron chi connectivity index (χ2n) is 5.18. The third kappa shape index (κ3) is 4.83. The minimum absolute atomic E-state index is 0.279. The van der Waals surface area contributed by atoms with Gasteiger partial charge in [-0.1, -0.05) is 43.7 Å². The molecular formula is C17H23NO2. The zero-order valence-corrected chi connectivity index (χ0v) is 12.0. The Morgan fingerprint density at radius 1 is 1.10 bits per heavy atom. The fourth-order valence-corrected chi connectivity index (χ4v) is 2.37. The molecule has 0 amide bonds. The average molecular weight is 273 g/mol. The molecule has 1 N–H and O–H groups in total. The lowest BCUT2D eigenvalue weighted by Crippen LogP contribution is -2.31. The molecule has 0 aliphatic carbocycles. The first kappa shape index (κ1) is 14.8. The van der Waals surface area contributed by atoms with Gasteiger partial charge in [0.1, 0.15) is 5.76 Å². The largest absolute Gasteiger partial charge is 0.468 e. The molecule has 1 aromatic heterocycles. The molecule has 2 rings (SSSR count). The highest BCUT2D eigenvalue weighted by molar-refractivity contribution is 5.14. The van der Waals surface area contributed by atoms with Crippen molar-refractivity contribution in [1.29, 1.82) is 0 Å². The molecule has 20 heavy (non-hydrogen) atoms. The first-order chi connectivity index (χ1) is 9.78. The normalized spacial score (nSPS) is 12.8. The van der Waals surface area contributed by atoms with Gasteiger partial charge in [0.15, 0.2) is 0 Å². The highest BCUT2D eigenvalue weighted by atomic mass is 16.3. The van der Waals surface area contributed by atoms with Crippen molar-refractivity contribution in [1.82, 2.24) is 4.90 Å². The standard InChI is InChI=1S/C17H23NO2/c1-2-7-16(19)13-18(14-17-10-6-11-20-17)12-15-8-4-3-5-9-15/h3-6,8-11,16,19H,2,7,12-14H2,1H3/t16-/m0/s1. The number of aliphatic hydroxyl groups is 1. The summed E-state index contributed by atoms with van der Waals surface area (Å²) in [6.45, 7) is 4.31. The molecule has 0 aliphatic rings. The maximum Gasteiger partial charge on any atom is 0.117 e. The van der Waals surface area contributed by atoms with Crippen LogP contribution in [0.3, 0.4) is 0 Å². The third-order valence-electron chi connectivity index (χ3n) is 3.30. The number of furan rings is 1. The van der Waals surface area contributed by atoms with Crippen molar-refractivity contribution in [3.8, 4) is 0 Å². The maximum absolute atomic E-state index is 10.1. The minimum Gasteiger partial charge on any atom is -0.468 e. The van der Waals surface area contributed by atoms with E-state index in [1.165, 1.54) is 5.56 Å². The van der Waals surface area contributed by atoms with Crippen LogP contribution in [0.1, 0.15) is 31.1 Å². The van der Waals surface area contributed by atoms with E-state index in [-0.39, 0.29) is 6.10 Å². The van der Waals surface area contributed by atoms with Gasteiger partial charge >= 0.3 is 0 Å². The van der Waals surface area contributed by atoms with Gasteiger partial charge < -0.3 is 9.52 Å². The second kappa shape index (κ2) is 7.88. The van der Waals surface area contributed by atoms with Crippen LogP contribution in [-0.4, -0.2) is 22.7 Å². The highest BCUT2D eigenvalue weighted by Crippen LogP contribution is 2.12. The molecule has 0 fully saturated rings. The lowest BCUT2D eigenvalue weighted by Gasteiger charge is -2.24. The summed E-state index contributed by atoms with van der Waals surface area (Å²) in [5.41, 5.74) is 1.25. The number of nitrogens with zero attached hydrogens (tertiary/aromatic N) is 1. The van der Waals surface area contributed by atoms with Gasteiger partial charge in [0.05, 0.1) is 18.9 Å². The van der Waals surface area contributed by atoms with E-state index in [1.54, 1.807) is 6.26 Å². The molecule has 0 saturated carbocycles. The number of hydrogen-bond acceptors (Lipinski definition) is 3. The number of rotatable bonds is 8. The Hall–Kier alpha value is -1.58. The van der Waals surface area contributed by atoms with E-state index in [0.717, 1.165) is 31.7 Å². The summed E-state index contributed by atoms with van der Waals surface area (Å²) >= 11 is 0. The molecule has 3 heteroatoms. The molecule has 0 aliphatic heterocycles. The molecule has 1 atom stereocenters. The van der Waals surface area contributed by atoms with Crippen molar-refractivity contribution in [2.75, 3.05) is 6.54 Å². The fourth-order valence-electron chi connectivity index (χ4n) is 2.37. The van der Waals surface area contributed by atoms with E-state index in [1.807, 2.05) is 30.3 Å². The van der Waals surface area contributed by atoms with E-state index in [9.17, 15) is 5.11 Å². The SMILES string of the molecule is CCC[C@H](O)CN(Cc1ccccc1)Cc1ccco1. The van der Waals surface area contributed by atoms with Crippen molar-refractivity contribution in [3.63, 3.8) is 0 Å². The maximum atomic E-state index is 10.1. The van der Waals surface area contributed by atoms with Crippen LogP contribution < -0.4 is 0 Å². The van der Waals surface area contributed by atoms with Gasteiger partial charge in [-0.15, -0.1) is 0 Å². The van der Waals surface area contributed by atoms with Crippen molar-refractivity contribution in [2.45, 2.75) is 39.0 Å². The molecular weight excluding hydrogens is 250 g/mol. The van der Waals surface area contributed by atoms with Crippen LogP contribution in [0.15, 0.2) is 53.1 Å². The molecule has 1 aromatic carbocycles. The first-order valence-electron chi connectivity index (χ1n) is 7.24. The van der Waals surface area contributed by atoms with Crippen LogP contribution in [0.5, 0.6) is 0 Å². The zero-order chi connectivity index (χ0) is 14.2. The van der Waals surface area contributed by atoms with Crippen LogP contribution in [0.2, 0.25) is 0 Å². The number of hydrogen-bond donors (Lipinski definition) is 1. The highest BCUT2D eigenvalue weighted by Gasteiger charge is 2.13. The molecule has 108 valence electrons. The lowest BCUT2D eigenvalue weighted by atomic mass is 10.1. The van der Waals surface area contributed by atoms with Gasteiger partial charge in [0.2, 0.25) is 0 Å². The van der Waals surface area contributed by atoms with Gasteiger partial charge in [-0.05, 0) is 24.1 Å². The van der Waals surface area contributed by atoms with Crippen LogP contribution in [0.4, 0.5) is 0 Å². The molecule has 0 radical (unpaired) electrons. The van der Waals surface area contributed by atoms with Crippen molar-refractivity contribution in [3.05, 3.63) is 60.1 Å². The van der Waals surface area contributed by atoms with E-state index in [2.05, 4.69) is 24.0 Å². The summed E-state index contributed by atoms with van der Waals surface area (Å²) in [7, 11) is 0. The van der Waals surface area contributed by atoms with Gasteiger partial charge in [-0.3, -0.25) is 4.90 Å². The Kier molecular flexibility index (Phi) is 5.84. The first-order valence-corrected chi connectivity index (χ1v) is 7.24. The molecule has 0 unspecified atom stereocenters. The van der Waals surface area contributed by atoms with Gasteiger partial charge in [0, 0.05) is 13.1 Å². The topological polar surface area (TPSA) is 36.6 Å². The average Bonchev–Trinajstić information content (AvgIpc) is 2.93. The molecule has 3 nitrogen and oxygen atoms in total. The van der Waals surface area contributed by atoms with Gasteiger partial charge in [0.25, 0.3) is 0 Å². The Labute approximate surface area is 120 Å². The van der Waals surface area contributed by atoms with Gasteiger partial charge in [-0.2, -0.15) is 0 Å². The third-order valence-corrected chi connectivity index (χ3v) is 3.30. The number of aliphatic hydroxyl groups excluding tert-OH is 1. The summed E-state index contributed by atoms with van der Waals surface area (Å²) < 4.78 is 5.42. The summed E-state index contributed by atoms with van der Waals surface area (Å²) in [6, 6.07) is 14.2. The van der Waals surface area contributed by atoms with E-state index >= 15 is 0 Å². The van der Waals surface area contributed by atoms with Crippen molar-refractivity contribution >= 4 is 0 Å². The van der Waals surface area contributed by atoms with E-state index in [4.69, 9.17) is 4.42 Å². The van der Waals surface area contributed by atoms with Crippen LogP contribution >= 0.6 is 0 Å². The smallest absolute Gasteiger partial charge is 0.117 e. The molecule has 0 bridgehead atoms. The minimum atomic E-state index is -0.279. The van der Waals surface area contributed by atoms with Gasteiger partial charge in [-0.25, -0.2) is 0 Å². The van der Waals surface area contributed by atoms with E-state index in [0.29, 0.717) is 6.54 Å². The van der Waals surface area contributed by atoms with Crippen molar-refractivity contribution < 1.29 is 9.52 Å². The fraction of sp³-hybridized carbons (Fsp3) is 0.412. The summed E-state index contributed by atoms with van der Waals surface area (Å²) in [5.74, 6) is 0.935. The Morgan fingerprint density at radius 3 is 2.55 bits per heavy atom.